The number of aryl methyl sites for hydroxylation is 1. The van der Waals surface area contributed by atoms with Gasteiger partial charge in [-0.2, -0.15) is 0 Å². The molecule has 1 unspecified atom stereocenters. The smallest absolute Gasteiger partial charge is 0.341 e. The number of hydrogen-bond acceptors (Lipinski definition) is 6. The Balaban J connectivity index is 1.43. The number of esters is 1. The van der Waals surface area contributed by atoms with Crippen LogP contribution in [0.2, 0.25) is 0 Å². The molecule has 3 aromatic carbocycles. The van der Waals surface area contributed by atoms with E-state index in [2.05, 4.69) is 48.2 Å². The fraction of sp³-hybridized carbons (Fsp3) is 0.321. The number of nitrogens with zero attached hydrogens (tertiary/aromatic N) is 1. The van der Waals surface area contributed by atoms with E-state index in [0.29, 0.717) is 6.04 Å². The molecule has 6 heteroatoms. The van der Waals surface area contributed by atoms with Gasteiger partial charge in [0.15, 0.2) is 11.5 Å². The second-order valence-corrected chi connectivity index (χ2v) is 8.62. The maximum Gasteiger partial charge on any atom is 0.341 e. The van der Waals surface area contributed by atoms with E-state index in [1.54, 1.807) is 12.1 Å². The number of aromatic hydroxyl groups is 1. The van der Waals surface area contributed by atoms with Gasteiger partial charge in [-0.3, -0.25) is 4.90 Å². The van der Waals surface area contributed by atoms with Crippen LogP contribution in [0.4, 0.5) is 0 Å². The first kappa shape index (κ1) is 23.6. The molecule has 0 saturated carbocycles. The summed E-state index contributed by atoms with van der Waals surface area (Å²) in [4.78, 5) is 14.4. The van der Waals surface area contributed by atoms with Gasteiger partial charge in [-0.15, -0.1) is 0 Å². The summed E-state index contributed by atoms with van der Waals surface area (Å²) in [5, 5.41) is 10.0. The number of fused-ring (bicyclic) bond motifs is 1. The van der Waals surface area contributed by atoms with Crippen LogP contribution in [0.25, 0.3) is 0 Å². The standard InChI is InChI=1S/C28H31NO5/c1-20(8-9-21-11-13-26-27(17-21)34-19-33-26)29(18-23-6-4-3-5-7-23)15-14-22-10-12-25(30)24(16-22)28(31)32-2/h3-7,10-13,16-17,20,30H,8-9,14-15,18-19H2,1-2H3. The highest BCUT2D eigenvalue weighted by atomic mass is 16.7. The van der Waals surface area contributed by atoms with Crippen LogP contribution in [0, 0.1) is 0 Å². The summed E-state index contributed by atoms with van der Waals surface area (Å²) in [6.45, 7) is 4.20. The van der Waals surface area contributed by atoms with Crippen molar-refractivity contribution in [3.63, 3.8) is 0 Å². The van der Waals surface area contributed by atoms with Crippen molar-refractivity contribution in [1.82, 2.24) is 4.90 Å². The van der Waals surface area contributed by atoms with Crippen LogP contribution in [0.1, 0.15) is 40.4 Å². The Kier molecular flexibility index (Phi) is 7.70. The number of methoxy groups -OCH3 is 1. The molecule has 0 amide bonds. The molecule has 34 heavy (non-hydrogen) atoms. The lowest BCUT2D eigenvalue weighted by atomic mass is 10.0. The van der Waals surface area contributed by atoms with Crippen LogP contribution in [0.3, 0.4) is 0 Å². The summed E-state index contributed by atoms with van der Waals surface area (Å²) in [5.41, 5.74) is 3.68. The van der Waals surface area contributed by atoms with Gasteiger partial charge in [0.1, 0.15) is 11.3 Å². The van der Waals surface area contributed by atoms with Crippen LogP contribution in [0.15, 0.2) is 66.7 Å². The molecule has 1 N–H and O–H groups in total. The zero-order valence-corrected chi connectivity index (χ0v) is 19.7. The molecule has 0 spiro atoms. The highest BCUT2D eigenvalue weighted by molar-refractivity contribution is 5.92. The largest absolute Gasteiger partial charge is 0.507 e. The third-order valence-corrected chi connectivity index (χ3v) is 6.29. The molecule has 0 aliphatic carbocycles. The van der Waals surface area contributed by atoms with Crippen LogP contribution in [0.5, 0.6) is 17.2 Å². The Morgan fingerprint density at radius 2 is 1.71 bits per heavy atom. The van der Waals surface area contributed by atoms with Crippen molar-refractivity contribution in [3.05, 3.63) is 89.0 Å². The predicted octanol–water partition coefficient (Wildman–Crippen LogP) is 4.97. The van der Waals surface area contributed by atoms with Gasteiger partial charge in [0, 0.05) is 19.1 Å². The zero-order chi connectivity index (χ0) is 23.9. The van der Waals surface area contributed by atoms with Gasteiger partial charge >= 0.3 is 5.97 Å². The molecule has 1 heterocycles. The fourth-order valence-electron chi connectivity index (χ4n) is 4.21. The van der Waals surface area contributed by atoms with Crippen molar-refractivity contribution >= 4 is 5.97 Å². The van der Waals surface area contributed by atoms with E-state index < -0.39 is 5.97 Å². The SMILES string of the molecule is COC(=O)c1cc(CCN(Cc2ccccc2)C(C)CCc2ccc3c(c2)OCO3)ccc1O. The summed E-state index contributed by atoms with van der Waals surface area (Å²) in [6.07, 6.45) is 2.69. The summed E-state index contributed by atoms with van der Waals surface area (Å²) in [7, 11) is 1.32. The van der Waals surface area contributed by atoms with Gasteiger partial charge in [0.2, 0.25) is 6.79 Å². The van der Waals surface area contributed by atoms with Crippen molar-refractivity contribution < 1.29 is 24.1 Å². The molecule has 3 aromatic rings. The Morgan fingerprint density at radius 1 is 0.971 bits per heavy atom. The second-order valence-electron chi connectivity index (χ2n) is 8.62. The molecular formula is C28H31NO5. The van der Waals surface area contributed by atoms with Gasteiger partial charge in [-0.05, 0) is 67.1 Å². The van der Waals surface area contributed by atoms with E-state index in [1.807, 2.05) is 18.2 Å². The van der Waals surface area contributed by atoms with E-state index in [-0.39, 0.29) is 18.1 Å². The van der Waals surface area contributed by atoms with Crippen molar-refractivity contribution in [2.45, 2.75) is 38.8 Å². The van der Waals surface area contributed by atoms with Crippen LogP contribution in [-0.4, -0.2) is 42.5 Å². The number of ether oxygens (including phenoxy) is 3. The van der Waals surface area contributed by atoms with Crippen molar-refractivity contribution in [3.8, 4) is 17.2 Å². The molecule has 4 rings (SSSR count). The number of hydrogen-bond donors (Lipinski definition) is 1. The Hall–Kier alpha value is -3.51. The van der Waals surface area contributed by atoms with Gasteiger partial charge < -0.3 is 19.3 Å². The lowest BCUT2D eigenvalue weighted by Gasteiger charge is -2.29. The van der Waals surface area contributed by atoms with E-state index in [1.165, 1.54) is 18.2 Å². The number of carbonyl (C=O) groups excluding carboxylic acids is 1. The molecule has 0 bridgehead atoms. The van der Waals surface area contributed by atoms with Crippen molar-refractivity contribution in [2.75, 3.05) is 20.4 Å². The molecule has 1 aliphatic rings. The summed E-state index contributed by atoms with van der Waals surface area (Å²) in [5.74, 6) is 1.04. The first-order valence-corrected chi connectivity index (χ1v) is 11.6. The third kappa shape index (κ3) is 5.88. The quantitative estimate of drug-likeness (QED) is 0.430. The monoisotopic (exact) mass is 461 g/mol. The molecule has 0 saturated heterocycles. The van der Waals surface area contributed by atoms with Crippen molar-refractivity contribution in [1.29, 1.82) is 0 Å². The molecule has 178 valence electrons. The second kappa shape index (κ2) is 11.1. The van der Waals surface area contributed by atoms with Gasteiger partial charge in [0.25, 0.3) is 0 Å². The van der Waals surface area contributed by atoms with E-state index in [0.717, 1.165) is 49.4 Å². The van der Waals surface area contributed by atoms with E-state index in [9.17, 15) is 9.90 Å². The predicted molar refractivity (Wildman–Crippen MR) is 130 cm³/mol. The number of benzene rings is 3. The molecule has 0 radical (unpaired) electrons. The van der Waals surface area contributed by atoms with Gasteiger partial charge in [-0.25, -0.2) is 4.79 Å². The topological polar surface area (TPSA) is 68.2 Å². The molecule has 0 aromatic heterocycles. The summed E-state index contributed by atoms with van der Waals surface area (Å²) in [6, 6.07) is 22.1. The molecule has 1 aliphatic heterocycles. The number of carbonyl (C=O) groups is 1. The van der Waals surface area contributed by atoms with E-state index in [4.69, 9.17) is 14.2 Å². The fourth-order valence-corrected chi connectivity index (χ4v) is 4.21. The first-order valence-electron chi connectivity index (χ1n) is 11.6. The summed E-state index contributed by atoms with van der Waals surface area (Å²) >= 11 is 0. The lowest BCUT2D eigenvalue weighted by molar-refractivity contribution is 0.0597. The molecule has 0 fully saturated rings. The summed E-state index contributed by atoms with van der Waals surface area (Å²) < 4.78 is 15.7. The maximum atomic E-state index is 12.0. The molecular weight excluding hydrogens is 430 g/mol. The molecule has 6 nitrogen and oxygen atoms in total. The number of phenolic OH excluding ortho intramolecular Hbond substituents is 1. The Morgan fingerprint density at radius 3 is 2.50 bits per heavy atom. The first-order chi connectivity index (χ1) is 16.5. The molecule has 1 atom stereocenters. The zero-order valence-electron chi connectivity index (χ0n) is 19.7. The average Bonchev–Trinajstić information content (AvgIpc) is 3.34. The minimum atomic E-state index is -0.530. The van der Waals surface area contributed by atoms with Crippen LogP contribution in [-0.2, 0) is 24.1 Å². The van der Waals surface area contributed by atoms with Crippen LogP contribution >= 0.6 is 0 Å². The lowest BCUT2D eigenvalue weighted by Crippen LogP contribution is -2.34. The minimum Gasteiger partial charge on any atom is -0.507 e. The van der Waals surface area contributed by atoms with E-state index >= 15 is 0 Å². The maximum absolute atomic E-state index is 12.0. The highest BCUT2D eigenvalue weighted by Gasteiger charge is 2.18. The van der Waals surface area contributed by atoms with Crippen LogP contribution < -0.4 is 9.47 Å². The Labute approximate surface area is 200 Å². The van der Waals surface area contributed by atoms with Gasteiger partial charge in [0.05, 0.1) is 7.11 Å². The highest BCUT2D eigenvalue weighted by Crippen LogP contribution is 2.33. The average molecular weight is 462 g/mol. The number of rotatable bonds is 10. The number of phenols is 1. The van der Waals surface area contributed by atoms with Gasteiger partial charge in [-0.1, -0.05) is 42.5 Å². The minimum absolute atomic E-state index is 0.0613. The Bertz CT molecular complexity index is 1120. The van der Waals surface area contributed by atoms with Crippen molar-refractivity contribution in [2.24, 2.45) is 0 Å². The normalized spacial score (nSPS) is 13.1. The third-order valence-electron chi connectivity index (χ3n) is 6.29.